The maximum absolute atomic E-state index is 6.58. The van der Waals surface area contributed by atoms with Crippen molar-refractivity contribution in [1.29, 1.82) is 0 Å². The summed E-state index contributed by atoms with van der Waals surface area (Å²) >= 11 is 1.97. The Morgan fingerprint density at radius 3 is 2.19 bits per heavy atom. The van der Waals surface area contributed by atoms with Crippen LogP contribution in [0.3, 0.4) is 0 Å². The summed E-state index contributed by atoms with van der Waals surface area (Å²) in [4.78, 5) is 3.01. The zero-order chi connectivity index (χ0) is 14.4. The van der Waals surface area contributed by atoms with Gasteiger partial charge in [-0.2, -0.15) is 0 Å². The van der Waals surface area contributed by atoms with Crippen molar-refractivity contribution in [2.24, 2.45) is 28.9 Å². The Hall–Kier alpha value is -0.340. The minimum absolute atomic E-state index is 0.379. The first kappa shape index (κ1) is 14.3. The highest BCUT2D eigenvalue weighted by Crippen LogP contribution is 2.61. The van der Waals surface area contributed by atoms with E-state index in [0.29, 0.717) is 11.5 Å². The molecule has 4 saturated carbocycles. The van der Waals surface area contributed by atoms with E-state index in [-0.39, 0.29) is 0 Å². The van der Waals surface area contributed by atoms with Crippen molar-refractivity contribution in [1.82, 2.24) is 0 Å². The second-order valence-corrected chi connectivity index (χ2v) is 9.56. The molecule has 0 radical (unpaired) electrons. The second-order valence-electron chi connectivity index (χ2n) is 8.31. The molecular weight excluding hydrogens is 274 g/mol. The number of hydrogen-bond donors (Lipinski definition) is 1. The quantitative estimate of drug-likeness (QED) is 0.832. The average molecular weight is 304 g/mol. The lowest BCUT2D eigenvalue weighted by Gasteiger charge is -2.57. The van der Waals surface area contributed by atoms with Gasteiger partial charge < -0.3 is 5.73 Å². The van der Waals surface area contributed by atoms with Crippen LogP contribution in [-0.2, 0) is 12.8 Å². The topological polar surface area (TPSA) is 26.0 Å². The lowest BCUT2D eigenvalue weighted by molar-refractivity contribution is -0.0602. The molecule has 1 atom stereocenters. The van der Waals surface area contributed by atoms with Gasteiger partial charge in [0, 0.05) is 15.8 Å². The van der Waals surface area contributed by atoms with Gasteiger partial charge in [0.1, 0.15) is 0 Å². The van der Waals surface area contributed by atoms with Gasteiger partial charge in [-0.05, 0) is 93.1 Å². The van der Waals surface area contributed by atoms with Gasteiger partial charge >= 0.3 is 0 Å². The zero-order valence-corrected chi connectivity index (χ0v) is 14.1. The van der Waals surface area contributed by atoms with Gasteiger partial charge in [-0.1, -0.05) is 6.92 Å². The van der Waals surface area contributed by atoms with Crippen molar-refractivity contribution < 1.29 is 0 Å². The molecular formula is C19H29NS. The van der Waals surface area contributed by atoms with Gasteiger partial charge in [-0.15, -0.1) is 11.3 Å². The van der Waals surface area contributed by atoms with E-state index in [1.807, 2.05) is 11.3 Å². The van der Waals surface area contributed by atoms with Gasteiger partial charge in [-0.3, -0.25) is 0 Å². The van der Waals surface area contributed by atoms with E-state index in [4.69, 9.17) is 5.73 Å². The molecule has 0 spiro atoms. The van der Waals surface area contributed by atoms with E-state index in [0.717, 1.165) is 30.6 Å². The van der Waals surface area contributed by atoms with Crippen molar-refractivity contribution in [3.63, 3.8) is 0 Å². The SMILES string of the molecule is CCc1ccc(CC(N)CC23CC4CC(CC(C4)C2)C3)s1. The zero-order valence-electron chi connectivity index (χ0n) is 13.3. The Bertz CT molecular complexity index is 468. The second kappa shape index (κ2) is 5.38. The monoisotopic (exact) mass is 303 g/mol. The molecule has 1 aromatic rings. The third-order valence-corrected chi connectivity index (χ3v) is 7.64. The Balaban J connectivity index is 1.41. The Morgan fingerprint density at radius 2 is 1.67 bits per heavy atom. The lowest BCUT2D eigenvalue weighted by atomic mass is 9.48. The molecule has 21 heavy (non-hydrogen) atoms. The fraction of sp³-hybridized carbons (Fsp3) is 0.789. The molecule has 4 bridgehead atoms. The van der Waals surface area contributed by atoms with Crippen LogP contribution < -0.4 is 5.73 Å². The molecule has 0 aliphatic heterocycles. The van der Waals surface area contributed by atoms with Crippen molar-refractivity contribution in [3.05, 3.63) is 21.9 Å². The van der Waals surface area contributed by atoms with Crippen LogP contribution in [0, 0.1) is 23.2 Å². The number of hydrogen-bond acceptors (Lipinski definition) is 2. The third-order valence-electron chi connectivity index (χ3n) is 6.39. The van der Waals surface area contributed by atoms with Gasteiger partial charge in [0.2, 0.25) is 0 Å². The van der Waals surface area contributed by atoms with Crippen molar-refractivity contribution in [3.8, 4) is 0 Å². The summed E-state index contributed by atoms with van der Waals surface area (Å²) in [6, 6.07) is 4.98. The highest BCUT2D eigenvalue weighted by Gasteiger charge is 2.50. The molecule has 1 nitrogen and oxygen atoms in total. The molecule has 4 aliphatic rings. The van der Waals surface area contributed by atoms with E-state index < -0.39 is 0 Å². The predicted octanol–water partition coefficient (Wildman–Crippen LogP) is 4.79. The highest BCUT2D eigenvalue weighted by atomic mass is 32.1. The summed E-state index contributed by atoms with van der Waals surface area (Å²) in [6.07, 6.45) is 12.7. The number of aryl methyl sites for hydroxylation is 1. The molecule has 1 aromatic heterocycles. The van der Waals surface area contributed by atoms with Crippen LogP contribution in [0.4, 0.5) is 0 Å². The Kier molecular flexibility index (Phi) is 3.66. The number of thiophene rings is 1. The first-order valence-electron chi connectivity index (χ1n) is 8.97. The van der Waals surface area contributed by atoms with Gasteiger partial charge in [0.05, 0.1) is 0 Å². The van der Waals surface area contributed by atoms with Crippen LogP contribution >= 0.6 is 11.3 Å². The molecule has 4 aliphatic carbocycles. The Morgan fingerprint density at radius 1 is 1.10 bits per heavy atom. The first-order chi connectivity index (χ1) is 10.1. The molecule has 0 aromatic carbocycles. The maximum Gasteiger partial charge on any atom is 0.00924 e. The Labute approximate surface area is 133 Å². The van der Waals surface area contributed by atoms with E-state index in [9.17, 15) is 0 Å². The minimum atomic E-state index is 0.379. The normalized spacial score (nSPS) is 38.9. The standard InChI is InChI=1S/C19H29NS/c1-2-17-3-4-18(21-17)8-16(20)12-19-9-13-5-14(10-19)7-15(6-13)11-19/h3-4,13-16H,2,5-12,20H2,1H3. The van der Waals surface area contributed by atoms with Gasteiger partial charge in [0.15, 0.2) is 0 Å². The maximum atomic E-state index is 6.58. The molecule has 0 saturated heterocycles. The minimum Gasteiger partial charge on any atom is -0.327 e. The van der Waals surface area contributed by atoms with Crippen LogP contribution in [-0.4, -0.2) is 6.04 Å². The molecule has 1 heterocycles. The summed E-state index contributed by atoms with van der Waals surface area (Å²) in [5.74, 6) is 3.16. The summed E-state index contributed by atoms with van der Waals surface area (Å²) in [5.41, 5.74) is 7.22. The predicted molar refractivity (Wildman–Crippen MR) is 90.6 cm³/mol. The summed E-state index contributed by atoms with van der Waals surface area (Å²) < 4.78 is 0. The average Bonchev–Trinajstić information content (AvgIpc) is 2.83. The van der Waals surface area contributed by atoms with Gasteiger partial charge in [0.25, 0.3) is 0 Å². The third kappa shape index (κ3) is 2.82. The summed E-state index contributed by atoms with van der Waals surface area (Å²) in [5, 5.41) is 0. The van der Waals surface area contributed by atoms with Crippen LogP contribution in [0.2, 0.25) is 0 Å². The summed E-state index contributed by atoms with van der Waals surface area (Å²) in [7, 11) is 0. The van der Waals surface area contributed by atoms with Crippen molar-refractivity contribution >= 4 is 11.3 Å². The molecule has 116 valence electrons. The molecule has 0 amide bonds. The van der Waals surface area contributed by atoms with Crippen LogP contribution in [0.5, 0.6) is 0 Å². The first-order valence-corrected chi connectivity index (χ1v) is 9.79. The molecule has 2 heteroatoms. The highest BCUT2D eigenvalue weighted by molar-refractivity contribution is 7.11. The van der Waals surface area contributed by atoms with Crippen molar-refractivity contribution in [2.75, 3.05) is 0 Å². The van der Waals surface area contributed by atoms with Crippen LogP contribution in [0.15, 0.2) is 12.1 Å². The fourth-order valence-corrected chi connectivity index (χ4v) is 7.20. The van der Waals surface area contributed by atoms with E-state index >= 15 is 0 Å². The largest absolute Gasteiger partial charge is 0.327 e. The van der Waals surface area contributed by atoms with E-state index in [1.54, 1.807) is 0 Å². The molecule has 2 N–H and O–H groups in total. The van der Waals surface area contributed by atoms with Crippen molar-refractivity contribution in [2.45, 2.75) is 70.8 Å². The number of rotatable bonds is 5. The fourth-order valence-electron chi connectivity index (χ4n) is 6.15. The van der Waals surface area contributed by atoms with Crippen LogP contribution in [0.25, 0.3) is 0 Å². The number of nitrogens with two attached hydrogens (primary N) is 1. The molecule has 4 fully saturated rings. The van der Waals surface area contributed by atoms with Crippen LogP contribution in [0.1, 0.15) is 61.6 Å². The molecule has 5 rings (SSSR count). The summed E-state index contributed by atoms with van der Waals surface area (Å²) in [6.45, 7) is 2.24. The van der Waals surface area contributed by atoms with E-state index in [1.165, 1.54) is 54.7 Å². The smallest absolute Gasteiger partial charge is 0.00924 e. The lowest BCUT2D eigenvalue weighted by Crippen LogP contribution is -2.48. The van der Waals surface area contributed by atoms with Gasteiger partial charge in [-0.25, -0.2) is 0 Å². The van der Waals surface area contributed by atoms with E-state index in [2.05, 4.69) is 19.1 Å². The molecule has 1 unspecified atom stereocenters.